The van der Waals surface area contributed by atoms with Crippen LogP contribution in [0.2, 0.25) is 0 Å². The fourth-order valence-corrected chi connectivity index (χ4v) is 3.68. The number of nitrogens with one attached hydrogen (secondary N) is 1. The standard InChI is InChI=1S/C8H12F3N3S3/c1-5(3-12-4-8(9,10)11)16-7-14-13-6(15-2)17-7/h5,12H,3-4H2,1-2H3. The molecule has 1 N–H and O–H groups in total. The highest BCUT2D eigenvalue weighted by molar-refractivity contribution is 8.03. The van der Waals surface area contributed by atoms with Gasteiger partial charge in [0, 0.05) is 11.8 Å². The van der Waals surface area contributed by atoms with E-state index in [1.807, 2.05) is 13.2 Å². The second-order valence-electron chi connectivity index (χ2n) is 3.21. The Morgan fingerprint density at radius 1 is 1.35 bits per heavy atom. The van der Waals surface area contributed by atoms with Crippen molar-refractivity contribution in [1.29, 1.82) is 0 Å². The van der Waals surface area contributed by atoms with Crippen molar-refractivity contribution in [2.24, 2.45) is 0 Å². The number of halogens is 3. The number of rotatable bonds is 6. The minimum Gasteiger partial charge on any atom is -0.308 e. The van der Waals surface area contributed by atoms with E-state index in [0.29, 0.717) is 6.54 Å². The van der Waals surface area contributed by atoms with Gasteiger partial charge >= 0.3 is 6.18 Å². The first-order valence-corrected chi connectivity index (χ1v) is 7.64. The van der Waals surface area contributed by atoms with Gasteiger partial charge in [-0.05, 0) is 6.26 Å². The Morgan fingerprint density at radius 2 is 2.00 bits per heavy atom. The summed E-state index contributed by atoms with van der Waals surface area (Å²) in [4.78, 5) is 0. The van der Waals surface area contributed by atoms with E-state index in [-0.39, 0.29) is 5.25 Å². The molecule has 0 aliphatic rings. The first kappa shape index (κ1) is 15.1. The van der Waals surface area contributed by atoms with Crippen LogP contribution in [-0.2, 0) is 0 Å². The number of hydrogen-bond acceptors (Lipinski definition) is 6. The maximum absolute atomic E-state index is 11.9. The molecule has 0 aromatic carbocycles. The highest BCUT2D eigenvalue weighted by atomic mass is 32.2. The highest BCUT2D eigenvalue weighted by Crippen LogP contribution is 2.29. The average molecular weight is 303 g/mol. The zero-order valence-corrected chi connectivity index (χ0v) is 11.7. The van der Waals surface area contributed by atoms with Crippen molar-refractivity contribution in [3.8, 4) is 0 Å². The molecule has 1 aromatic heterocycles. The molecule has 0 spiro atoms. The molecule has 0 amide bonds. The van der Waals surface area contributed by atoms with Gasteiger partial charge in [0.25, 0.3) is 0 Å². The fraction of sp³-hybridized carbons (Fsp3) is 0.750. The van der Waals surface area contributed by atoms with Crippen LogP contribution in [-0.4, -0.2) is 41.0 Å². The lowest BCUT2D eigenvalue weighted by atomic mass is 10.4. The summed E-state index contributed by atoms with van der Waals surface area (Å²) in [5.74, 6) is 0. The Labute approximate surface area is 110 Å². The third-order valence-electron chi connectivity index (χ3n) is 1.62. The van der Waals surface area contributed by atoms with Crippen molar-refractivity contribution < 1.29 is 13.2 Å². The predicted molar refractivity (Wildman–Crippen MR) is 65.9 cm³/mol. The van der Waals surface area contributed by atoms with E-state index in [1.54, 1.807) is 0 Å². The molecular formula is C8H12F3N3S3. The second-order valence-corrected chi connectivity index (χ2v) is 6.93. The Bertz CT molecular complexity index is 342. The molecule has 3 nitrogen and oxygen atoms in total. The molecule has 1 heterocycles. The third kappa shape index (κ3) is 6.49. The van der Waals surface area contributed by atoms with Crippen molar-refractivity contribution in [3.63, 3.8) is 0 Å². The lowest BCUT2D eigenvalue weighted by molar-refractivity contribution is -0.124. The molecule has 1 unspecified atom stereocenters. The summed E-state index contributed by atoms with van der Waals surface area (Å²) in [6, 6.07) is 0. The molecule has 0 fully saturated rings. The van der Waals surface area contributed by atoms with Crippen molar-refractivity contribution in [2.45, 2.75) is 27.0 Å². The topological polar surface area (TPSA) is 37.8 Å². The van der Waals surface area contributed by atoms with Gasteiger partial charge < -0.3 is 5.32 Å². The van der Waals surface area contributed by atoms with Crippen LogP contribution >= 0.6 is 34.9 Å². The molecule has 1 rings (SSSR count). The number of aromatic nitrogens is 2. The van der Waals surface area contributed by atoms with Gasteiger partial charge in [-0.25, -0.2) is 0 Å². The molecule has 1 atom stereocenters. The average Bonchev–Trinajstić information content (AvgIpc) is 2.63. The molecule has 0 aliphatic carbocycles. The van der Waals surface area contributed by atoms with E-state index >= 15 is 0 Å². The Morgan fingerprint density at radius 3 is 2.53 bits per heavy atom. The molecule has 0 saturated carbocycles. The number of hydrogen-bond donors (Lipinski definition) is 1. The Hall–Kier alpha value is 0.01000. The maximum atomic E-state index is 11.9. The lowest BCUT2D eigenvalue weighted by Crippen LogP contribution is -2.32. The zero-order valence-electron chi connectivity index (χ0n) is 9.24. The summed E-state index contributed by atoms with van der Waals surface area (Å²) >= 11 is 4.39. The van der Waals surface area contributed by atoms with E-state index in [9.17, 15) is 13.2 Å². The Balaban J connectivity index is 2.27. The molecule has 17 heavy (non-hydrogen) atoms. The first-order valence-electron chi connectivity index (χ1n) is 4.72. The summed E-state index contributed by atoms with van der Waals surface area (Å²) < 4.78 is 37.3. The highest BCUT2D eigenvalue weighted by Gasteiger charge is 2.26. The van der Waals surface area contributed by atoms with Gasteiger partial charge in [-0.3, -0.25) is 0 Å². The van der Waals surface area contributed by atoms with E-state index in [1.165, 1.54) is 34.9 Å². The summed E-state index contributed by atoms with van der Waals surface area (Å²) in [6.45, 7) is 1.19. The first-order chi connectivity index (χ1) is 7.90. The Kier molecular flexibility index (Phi) is 6.04. The summed E-state index contributed by atoms with van der Waals surface area (Å²) in [6.07, 6.45) is -2.25. The summed E-state index contributed by atoms with van der Waals surface area (Å²) in [5.41, 5.74) is 0. The van der Waals surface area contributed by atoms with Crippen molar-refractivity contribution in [2.75, 3.05) is 19.3 Å². The second kappa shape index (κ2) is 6.81. The number of alkyl halides is 3. The zero-order chi connectivity index (χ0) is 12.9. The van der Waals surface area contributed by atoms with Gasteiger partial charge in [0.2, 0.25) is 0 Å². The van der Waals surface area contributed by atoms with Crippen LogP contribution in [0.1, 0.15) is 6.92 Å². The normalized spacial score (nSPS) is 13.9. The minimum absolute atomic E-state index is 0.0278. The van der Waals surface area contributed by atoms with Gasteiger partial charge in [0.15, 0.2) is 8.68 Å². The fourth-order valence-electron chi connectivity index (χ4n) is 0.958. The van der Waals surface area contributed by atoms with E-state index in [2.05, 4.69) is 15.5 Å². The molecule has 1 aromatic rings. The molecular weight excluding hydrogens is 291 g/mol. The molecule has 0 saturated heterocycles. The largest absolute Gasteiger partial charge is 0.401 e. The number of nitrogens with zero attached hydrogens (tertiary/aromatic N) is 2. The van der Waals surface area contributed by atoms with Crippen LogP contribution < -0.4 is 5.32 Å². The quantitative estimate of drug-likeness (QED) is 0.818. The number of thioether (sulfide) groups is 2. The van der Waals surface area contributed by atoms with E-state index in [4.69, 9.17) is 0 Å². The van der Waals surface area contributed by atoms with Gasteiger partial charge in [-0.1, -0.05) is 41.8 Å². The summed E-state index contributed by atoms with van der Waals surface area (Å²) in [7, 11) is 0. The molecule has 0 radical (unpaired) electrons. The molecule has 0 bridgehead atoms. The monoisotopic (exact) mass is 303 g/mol. The van der Waals surface area contributed by atoms with Crippen LogP contribution in [0, 0.1) is 0 Å². The van der Waals surface area contributed by atoms with Gasteiger partial charge in [-0.15, -0.1) is 10.2 Å². The molecule has 9 heteroatoms. The minimum atomic E-state index is -4.15. The van der Waals surface area contributed by atoms with Gasteiger partial charge in [0.1, 0.15) is 0 Å². The maximum Gasteiger partial charge on any atom is 0.401 e. The van der Waals surface area contributed by atoms with E-state index < -0.39 is 12.7 Å². The van der Waals surface area contributed by atoms with Gasteiger partial charge in [-0.2, -0.15) is 13.2 Å². The predicted octanol–water partition coefficient (Wildman–Crippen LogP) is 2.89. The van der Waals surface area contributed by atoms with Gasteiger partial charge in [0.05, 0.1) is 6.54 Å². The van der Waals surface area contributed by atoms with Crippen LogP contribution in [0.3, 0.4) is 0 Å². The summed E-state index contributed by atoms with van der Waals surface area (Å²) in [5, 5.41) is 10.3. The van der Waals surface area contributed by atoms with Crippen LogP contribution in [0.4, 0.5) is 13.2 Å². The third-order valence-corrected chi connectivity index (χ3v) is 4.71. The van der Waals surface area contributed by atoms with Crippen molar-refractivity contribution >= 4 is 34.9 Å². The van der Waals surface area contributed by atoms with Crippen molar-refractivity contribution in [3.05, 3.63) is 0 Å². The SMILES string of the molecule is CSc1nnc(SC(C)CNCC(F)(F)F)s1. The lowest BCUT2D eigenvalue weighted by Gasteiger charge is -2.11. The molecule has 98 valence electrons. The van der Waals surface area contributed by atoms with Crippen LogP contribution in [0.25, 0.3) is 0 Å². The van der Waals surface area contributed by atoms with Crippen LogP contribution in [0.5, 0.6) is 0 Å². The smallest absolute Gasteiger partial charge is 0.308 e. The van der Waals surface area contributed by atoms with E-state index in [0.717, 1.165) is 8.68 Å². The van der Waals surface area contributed by atoms with Crippen molar-refractivity contribution in [1.82, 2.24) is 15.5 Å². The van der Waals surface area contributed by atoms with Crippen LogP contribution in [0.15, 0.2) is 8.68 Å². The molecule has 0 aliphatic heterocycles.